The summed E-state index contributed by atoms with van der Waals surface area (Å²) in [7, 11) is 0. The summed E-state index contributed by atoms with van der Waals surface area (Å²) in [5, 5.41) is 13.5. The molecule has 1 aromatic rings. The lowest BCUT2D eigenvalue weighted by Crippen LogP contribution is -2.50. The fourth-order valence-electron chi connectivity index (χ4n) is 3.68. The molecule has 1 aliphatic heterocycles. The summed E-state index contributed by atoms with van der Waals surface area (Å²) < 4.78 is 5.49. The fraction of sp³-hybridized carbons (Fsp3) is 0.500. The number of non-ortho nitro benzene ring substituents is 1. The maximum absolute atomic E-state index is 12.8. The molecule has 1 saturated carbocycles. The van der Waals surface area contributed by atoms with Gasteiger partial charge in [-0.3, -0.25) is 19.7 Å². The van der Waals surface area contributed by atoms with Crippen LogP contribution in [0.3, 0.4) is 0 Å². The van der Waals surface area contributed by atoms with Crippen LogP contribution in [-0.4, -0.2) is 22.4 Å². The third-order valence-corrected chi connectivity index (χ3v) is 5.77. The number of rotatable bonds is 3. The second-order valence-corrected chi connectivity index (χ2v) is 6.94. The van der Waals surface area contributed by atoms with Gasteiger partial charge in [0.05, 0.1) is 10.3 Å². The number of nitro groups is 1. The number of nitrogens with zero attached hydrogens (tertiary/aromatic N) is 1. The van der Waals surface area contributed by atoms with Gasteiger partial charge in [0.25, 0.3) is 11.6 Å². The Morgan fingerprint density at radius 3 is 2.52 bits per heavy atom. The predicted molar refractivity (Wildman–Crippen MR) is 81.7 cm³/mol. The average Bonchev–Trinajstić information content (AvgIpc) is 2.78. The van der Waals surface area contributed by atoms with E-state index in [2.05, 4.69) is 5.32 Å². The number of hydrogen-bond acceptors (Lipinski definition) is 5. The molecule has 2 atom stereocenters. The lowest BCUT2D eigenvalue weighted by Gasteiger charge is -2.35. The van der Waals surface area contributed by atoms with E-state index in [1.165, 1.54) is 18.2 Å². The van der Waals surface area contributed by atoms with E-state index in [0.29, 0.717) is 18.5 Å². The van der Waals surface area contributed by atoms with Crippen molar-refractivity contribution >= 4 is 23.3 Å². The van der Waals surface area contributed by atoms with Gasteiger partial charge in [-0.2, -0.15) is 0 Å². The SMILES string of the molecule is CC1(C)[C@@]2(C)CC[C@@]1(C(=O)Nc1cccc([N+](=O)[O-])c1)OC2=O. The van der Waals surface area contributed by atoms with Gasteiger partial charge in [-0.25, -0.2) is 0 Å². The molecule has 1 heterocycles. The van der Waals surface area contributed by atoms with Crippen LogP contribution in [0, 0.1) is 20.9 Å². The molecule has 1 aromatic carbocycles. The zero-order valence-corrected chi connectivity index (χ0v) is 13.2. The molecule has 2 fully saturated rings. The summed E-state index contributed by atoms with van der Waals surface area (Å²) in [6.07, 6.45) is 1.03. The number of carbonyl (C=O) groups excluding carboxylic acids is 2. The van der Waals surface area contributed by atoms with Crippen LogP contribution in [0.25, 0.3) is 0 Å². The molecule has 2 bridgehead atoms. The van der Waals surface area contributed by atoms with Gasteiger partial charge < -0.3 is 10.1 Å². The van der Waals surface area contributed by atoms with Gasteiger partial charge in [-0.15, -0.1) is 0 Å². The largest absolute Gasteiger partial charge is 0.448 e. The van der Waals surface area contributed by atoms with E-state index in [1.807, 2.05) is 20.8 Å². The molecule has 0 spiro atoms. The van der Waals surface area contributed by atoms with Crippen molar-refractivity contribution in [3.05, 3.63) is 34.4 Å². The Bertz CT molecular complexity index is 729. The van der Waals surface area contributed by atoms with E-state index in [1.54, 1.807) is 6.07 Å². The van der Waals surface area contributed by atoms with Crippen LogP contribution in [0.5, 0.6) is 0 Å². The number of amides is 1. The molecule has 2 aliphatic rings. The van der Waals surface area contributed by atoms with Crippen molar-refractivity contribution < 1.29 is 19.2 Å². The third kappa shape index (κ3) is 1.82. The van der Waals surface area contributed by atoms with E-state index < -0.39 is 27.3 Å². The standard InChI is InChI=1S/C16H18N2O5/c1-14(2)15(3)7-8-16(14,23-13(15)20)12(19)17-10-5-4-6-11(9-10)18(21)22/h4-6,9H,7-8H2,1-3H3,(H,17,19)/t15-,16-/m0/s1. The number of nitrogens with one attached hydrogen (secondary N) is 1. The van der Waals surface area contributed by atoms with Gasteiger partial charge in [-0.05, 0) is 25.8 Å². The van der Waals surface area contributed by atoms with Gasteiger partial charge in [0.2, 0.25) is 0 Å². The molecular weight excluding hydrogens is 300 g/mol. The summed E-state index contributed by atoms with van der Waals surface area (Å²) in [6, 6.07) is 5.70. The molecule has 0 radical (unpaired) electrons. The van der Waals surface area contributed by atoms with Crippen LogP contribution in [0.2, 0.25) is 0 Å². The molecule has 1 N–H and O–H groups in total. The molecule has 3 rings (SSSR count). The maximum atomic E-state index is 12.8. The number of benzene rings is 1. The summed E-state index contributed by atoms with van der Waals surface area (Å²) in [4.78, 5) is 35.3. The van der Waals surface area contributed by atoms with E-state index in [9.17, 15) is 19.7 Å². The molecule has 1 saturated heterocycles. The molecule has 1 aliphatic carbocycles. The Labute approximate surface area is 133 Å². The maximum Gasteiger partial charge on any atom is 0.313 e. The second-order valence-electron chi connectivity index (χ2n) is 6.94. The Morgan fingerprint density at radius 1 is 1.30 bits per heavy atom. The number of anilines is 1. The monoisotopic (exact) mass is 318 g/mol. The average molecular weight is 318 g/mol. The Hall–Kier alpha value is -2.44. The summed E-state index contributed by atoms with van der Waals surface area (Å²) in [5.41, 5.74) is -2.37. The van der Waals surface area contributed by atoms with Crippen molar-refractivity contribution in [2.45, 2.75) is 39.2 Å². The third-order valence-electron chi connectivity index (χ3n) is 5.77. The van der Waals surface area contributed by atoms with Crippen molar-refractivity contribution in [1.82, 2.24) is 0 Å². The minimum Gasteiger partial charge on any atom is -0.448 e. The highest BCUT2D eigenvalue weighted by molar-refractivity contribution is 6.03. The minimum atomic E-state index is -1.23. The molecule has 122 valence electrons. The first-order valence-electron chi connectivity index (χ1n) is 7.43. The first-order valence-corrected chi connectivity index (χ1v) is 7.43. The van der Waals surface area contributed by atoms with E-state index >= 15 is 0 Å². The van der Waals surface area contributed by atoms with Crippen LogP contribution in [0.1, 0.15) is 33.6 Å². The van der Waals surface area contributed by atoms with E-state index in [0.717, 1.165) is 0 Å². The Kier molecular flexibility index (Phi) is 3.05. The zero-order valence-electron chi connectivity index (χ0n) is 13.2. The van der Waals surface area contributed by atoms with Gasteiger partial charge in [0.15, 0.2) is 5.60 Å². The number of esters is 1. The van der Waals surface area contributed by atoms with Crippen molar-refractivity contribution in [3.8, 4) is 0 Å². The van der Waals surface area contributed by atoms with Crippen molar-refractivity contribution in [3.63, 3.8) is 0 Å². The highest BCUT2D eigenvalue weighted by Crippen LogP contribution is 2.65. The lowest BCUT2D eigenvalue weighted by atomic mass is 9.66. The molecule has 1 amide bonds. The number of ether oxygens (including phenoxy) is 1. The van der Waals surface area contributed by atoms with Gasteiger partial charge >= 0.3 is 5.97 Å². The smallest absolute Gasteiger partial charge is 0.313 e. The van der Waals surface area contributed by atoms with Crippen molar-refractivity contribution in [2.75, 3.05) is 5.32 Å². The minimum absolute atomic E-state index is 0.112. The lowest BCUT2D eigenvalue weighted by molar-refractivity contribution is -0.384. The first kappa shape index (κ1) is 15.5. The Morgan fingerprint density at radius 2 is 2.00 bits per heavy atom. The van der Waals surface area contributed by atoms with Crippen LogP contribution < -0.4 is 5.32 Å². The molecule has 0 unspecified atom stereocenters. The molecule has 7 nitrogen and oxygen atoms in total. The predicted octanol–water partition coefficient (Wildman–Crippen LogP) is 2.66. The van der Waals surface area contributed by atoms with E-state index in [-0.39, 0.29) is 11.7 Å². The normalized spacial score (nSPS) is 30.8. The molecule has 7 heteroatoms. The highest BCUT2D eigenvalue weighted by atomic mass is 16.6. The first-order chi connectivity index (χ1) is 10.6. The number of hydrogen-bond donors (Lipinski definition) is 1. The summed E-state index contributed by atoms with van der Waals surface area (Å²) >= 11 is 0. The van der Waals surface area contributed by atoms with Crippen molar-refractivity contribution in [1.29, 1.82) is 0 Å². The molecule has 0 aromatic heterocycles. The van der Waals surface area contributed by atoms with Crippen LogP contribution in [0.4, 0.5) is 11.4 Å². The molecule has 23 heavy (non-hydrogen) atoms. The van der Waals surface area contributed by atoms with Crippen molar-refractivity contribution in [2.24, 2.45) is 10.8 Å². The van der Waals surface area contributed by atoms with Crippen LogP contribution in [-0.2, 0) is 14.3 Å². The number of nitro benzene ring substituents is 1. The van der Waals surface area contributed by atoms with Gasteiger partial charge in [0.1, 0.15) is 0 Å². The number of fused-ring (bicyclic) bond motifs is 2. The quantitative estimate of drug-likeness (QED) is 0.525. The topological polar surface area (TPSA) is 98.5 Å². The highest BCUT2D eigenvalue weighted by Gasteiger charge is 2.75. The van der Waals surface area contributed by atoms with Crippen LogP contribution in [0.15, 0.2) is 24.3 Å². The fourth-order valence-corrected chi connectivity index (χ4v) is 3.68. The molecular formula is C16H18N2O5. The summed E-state index contributed by atoms with van der Waals surface area (Å²) in [6.45, 7) is 5.54. The second kappa shape index (κ2) is 4.53. The van der Waals surface area contributed by atoms with Gasteiger partial charge in [0, 0.05) is 23.2 Å². The van der Waals surface area contributed by atoms with E-state index in [4.69, 9.17) is 4.74 Å². The van der Waals surface area contributed by atoms with Gasteiger partial charge in [-0.1, -0.05) is 19.9 Å². The number of carbonyl (C=O) groups is 2. The summed E-state index contributed by atoms with van der Waals surface area (Å²) in [5.74, 6) is -0.791. The Balaban J connectivity index is 1.91. The van der Waals surface area contributed by atoms with Crippen LogP contribution >= 0.6 is 0 Å². The zero-order chi connectivity index (χ0) is 17.0.